The number of hydrogen-bond donors (Lipinski definition) is 12. The fourth-order valence-electron chi connectivity index (χ4n) is 3.91. The van der Waals surface area contributed by atoms with Crippen molar-refractivity contribution in [2.24, 2.45) is 33.8 Å². The molecule has 0 saturated carbocycles. The topological polar surface area (TPSA) is 357 Å². The molecule has 0 saturated heterocycles. The highest BCUT2D eigenvalue weighted by Gasteiger charge is 2.34. The van der Waals surface area contributed by atoms with E-state index >= 15 is 0 Å². The third-order valence-corrected chi connectivity index (χ3v) is 6.72. The first-order valence-corrected chi connectivity index (χ1v) is 14.9. The van der Waals surface area contributed by atoms with Crippen LogP contribution in [-0.2, 0) is 33.6 Å². The Labute approximate surface area is 272 Å². The van der Waals surface area contributed by atoms with Crippen LogP contribution in [-0.4, -0.2) is 125 Å². The van der Waals surface area contributed by atoms with Crippen molar-refractivity contribution in [1.29, 1.82) is 0 Å². The van der Waals surface area contributed by atoms with Crippen molar-refractivity contribution in [2.75, 3.05) is 13.2 Å². The van der Waals surface area contributed by atoms with E-state index in [4.69, 9.17) is 22.9 Å². The smallest absolute Gasteiger partial charge is 0.245 e. The number of nitrogens with two attached hydrogens (primary N) is 4. The molecule has 16 N–H and O–H groups in total. The molecule has 8 atom stereocenters. The van der Waals surface area contributed by atoms with E-state index in [1.165, 1.54) is 6.92 Å². The number of aliphatic imine (C=N–C) groups is 1. The number of hydrogen-bond acceptors (Lipinski definition) is 12. The van der Waals surface area contributed by atoms with Gasteiger partial charge < -0.3 is 69.6 Å². The Balaban J connectivity index is 5.78. The molecule has 6 amide bonds. The summed E-state index contributed by atoms with van der Waals surface area (Å²) in [6.45, 7) is 4.83. The lowest BCUT2D eigenvalue weighted by Gasteiger charge is -2.28. The highest BCUT2D eigenvalue weighted by molar-refractivity contribution is 5.96. The number of guanidine groups is 1. The first kappa shape index (κ1) is 42.6. The predicted octanol–water partition coefficient (Wildman–Crippen LogP) is -6.33. The van der Waals surface area contributed by atoms with E-state index < -0.39 is 96.4 Å². The normalized spacial score (nSPS) is 16.1. The van der Waals surface area contributed by atoms with Crippen molar-refractivity contribution in [3.05, 3.63) is 0 Å². The Morgan fingerprint density at radius 3 is 1.72 bits per heavy atom. The average Bonchev–Trinajstić information content (AvgIpc) is 2.98. The molecule has 0 aliphatic carbocycles. The molecule has 0 rings (SSSR count). The van der Waals surface area contributed by atoms with E-state index in [0.717, 1.165) is 6.92 Å². The standard InChI is InChI=1S/C27H50N10O10/c1-12(2)20(25(46)33-15(10-38)6-5-9-32-27(30)31)36-22(43)16(7-8-18(28)42)34-23(44)17(11-39)35-26(47)21(14(4)41)37-24(45)19(29)13(3)40/h10,12-17,19-21,39-41H,5-9,11,29H2,1-4H3,(H2,28,42)(H,33,46)(H,34,44)(H,35,47)(H,36,43)(H,37,45)(H4,30,31,32)/t13-,14-,15+,16+,17+,19+,20+,21+/m1/s1. The number of amides is 6. The van der Waals surface area contributed by atoms with Gasteiger partial charge in [-0.1, -0.05) is 13.8 Å². The Morgan fingerprint density at radius 1 is 0.723 bits per heavy atom. The van der Waals surface area contributed by atoms with Gasteiger partial charge in [0.05, 0.1) is 24.9 Å². The number of rotatable bonds is 22. The fourth-order valence-corrected chi connectivity index (χ4v) is 3.91. The van der Waals surface area contributed by atoms with Crippen LogP contribution in [0.25, 0.3) is 0 Å². The van der Waals surface area contributed by atoms with Gasteiger partial charge >= 0.3 is 0 Å². The second-order valence-electron chi connectivity index (χ2n) is 11.2. The summed E-state index contributed by atoms with van der Waals surface area (Å²) in [7, 11) is 0. The van der Waals surface area contributed by atoms with Gasteiger partial charge in [-0.05, 0) is 39.0 Å². The quantitative estimate of drug-likeness (QED) is 0.0220. The van der Waals surface area contributed by atoms with Crippen molar-refractivity contribution in [2.45, 2.75) is 102 Å². The van der Waals surface area contributed by atoms with Gasteiger partial charge in [0.15, 0.2) is 5.96 Å². The number of carbonyl (C=O) groups is 7. The summed E-state index contributed by atoms with van der Waals surface area (Å²) in [5, 5.41) is 41.0. The van der Waals surface area contributed by atoms with Gasteiger partial charge in [-0.2, -0.15) is 0 Å². The van der Waals surface area contributed by atoms with Crippen molar-refractivity contribution in [3.63, 3.8) is 0 Å². The summed E-state index contributed by atoms with van der Waals surface area (Å²) >= 11 is 0. The summed E-state index contributed by atoms with van der Waals surface area (Å²) in [4.78, 5) is 91.2. The van der Waals surface area contributed by atoms with Crippen LogP contribution in [0.15, 0.2) is 4.99 Å². The van der Waals surface area contributed by atoms with E-state index in [1.807, 2.05) is 0 Å². The Bertz CT molecular complexity index is 1110. The Morgan fingerprint density at radius 2 is 1.26 bits per heavy atom. The van der Waals surface area contributed by atoms with Crippen molar-refractivity contribution in [1.82, 2.24) is 26.6 Å². The SMILES string of the molecule is CC(C)[C@H](NC(=O)[C@H](CCC(N)=O)NC(=O)[C@H](CO)NC(=O)[C@@H](NC(=O)[C@@H](N)[C@@H](C)O)[C@@H](C)O)C(=O)N[C@H](C=O)CCCN=C(N)N. The lowest BCUT2D eigenvalue weighted by molar-refractivity contribution is -0.137. The first-order chi connectivity index (χ1) is 21.9. The van der Waals surface area contributed by atoms with Crippen LogP contribution < -0.4 is 49.5 Å². The number of aliphatic hydroxyl groups excluding tert-OH is 3. The van der Waals surface area contributed by atoms with Gasteiger partial charge in [0.2, 0.25) is 35.4 Å². The summed E-state index contributed by atoms with van der Waals surface area (Å²) in [5.41, 5.74) is 21.3. The number of nitrogens with zero attached hydrogens (tertiary/aromatic N) is 1. The molecule has 0 bridgehead atoms. The van der Waals surface area contributed by atoms with Crippen molar-refractivity contribution in [3.8, 4) is 0 Å². The molecule has 0 heterocycles. The van der Waals surface area contributed by atoms with E-state index in [0.29, 0.717) is 12.7 Å². The van der Waals surface area contributed by atoms with E-state index in [-0.39, 0.29) is 31.8 Å². The maximum Gasteiger partial charge on any atom is 0.245 e. The maximum absolute atomic E-state index is 13.3. The molecule has 0 aliphatic rings. The molecule has 0 aromatic heterocycles. The summed E-state index contributed by atoms with van der Waals surface area (Å²) < 4.78 is 0. The zero-order valence-corrected chi connectivity index (χ0v) is 27.0. The van der Waals surface area contributed by atoms with Gasteiger partial charge in [-0.15, -0.1) is 0 Å². The van der Waals surface area contributed by atoms with E-state index in [9.17, 15) is 48.9 Å². The molecule has 0 aliphatic heterocycles. The van der Waals surface area contributed by atoms with E-state index in [1.54, 1.807) is 13.8 Å². The van der Waals surface area contributed by atoms with Crippen LogP contribution in [0.3, 0.4) is 0 Å². The zero-order chi connectivity index (χ0) is 36.4. The molecular formula is C27H50N10O10. The predicted molar refractivity (Wildman–Crippen MR) is 167 cm³/mol. The molecule has 20 heteroatoms. The number of nitrogens with one attached hydrogen (secondary N) is 5. The second kappa shape index (κ2) is 21.4. The van der Waals surface area contributed by atoms with Gasteiger partial charge in [0.25, 0.3) is 0 Å². The molecule has 0 aromatic rings. The van der Waals surface area contributed by atoms with Crippen molar-refractivity contribution >= 4 is 47.7 Å². The minimum atomic E-state index is -1.72. The third kappa shape index (κ3) is 16.1. The largest absolute Gasteiger partial charge is 0.394 e. The summed E-state index contributed by atoms with van der Waals surface area (Å²) in [6.07, 6.45) is -2.43. The first-order valence-electron chi connectivity index (χ1n) is 14.9. The summed E-state index contributed by atoms with van der Waals surface area (Å²) in [5.74, 6) is -6.29. The third-order valence-electron chi connectivity index (χ3n) is 6.72. The molecule has 20 nitrogen and oxygen atoms in total. The minimum Gasteiger partial charge on any atom is -0.394 e. The lowest BCUT2D eigenvalue weighted by Crippen LogP contribution is -2.62. The lowest BCUT2D eigenvalue weighted by atomic mass is 10.0. The van der Waals surface area contributed by atoms with Crippen LogP contribution >= 0.6 is 0 Å². The number of aldehydes is 1. The van der Waals surface area contributed by atoms with Gasteiger partial charge in [0.1, 0.15) is 36.5 Å². The monoisotopic (exact) mass is 674 g/mol. The van der Waals surface area contributed by atoms with Gasteiger partial charge in [-0.25, -0.2) is 0 Å². The van der Waals surface area contributed by atoms with Crippen LogP contribution in [0.4, 0.5) is 0 Å². The second-order valence-corrected chi connectivity index (χ2v) is 11.2. The molecule has 0 unspecified atom stereocenters. The molecule has 0 fully saturated rings. The molecule has 0 aromatic carbocycles. The maximum atomic E-state index is 13.3. The fraction of sp³-hybridized carbons (Fsp3) is 0.704. The molecule has 268 valence electrons. The van der Waals surface area contributed by atoms with Crippen LogP contribution in [0.2, 0.25) is 0 Å². The summed E-state index contributed by atoms with van der Waals surface area (Å²) in [6, 6.07) is -8.43. The van der Waals surface area contributed by atoms with Crippen LogP contribution in [0, 0.1) is 5.92 Å². The molecular weight excluding hydrogens is 624 g/mol. The van der Waals surface area contributed by atoms with Gasteiger partial charge in [-0.3, -0.25) is 33.8 Å². The minimum absolute atomic E-state index is 0.128. The average molecular weight is 675 g/mol. The van der Waals surface area contributed by atoms with Gasteiger partial charge in [0, 0.05) is 13.0 Å². The van der Waals surface area contributed by atoms with Crippen LogP contribution in [0.5, 0.6) is 0 Å². The number of carbonyl (C=O) groups excluding carboxylic acids is 7. The zero-order valence-electron chi connectivity index (χ0n) is 27.0. The number of aliphatic hydroxyl groups is 3. The highest BCUT2D eigenvalue weighted by Crippen LogP contribution is 2.07. The highest BCUT2D eigenvalue weighted by atomic mass is 16.3. The molecule has 0 radical (unpaired) electrons. The van der Waals surface area contributed by atoms with Crippen LogP contribution in [0.1, 0.15) is 53.4 Å². The molecule has 0 spiro atoms. The van der Waals surface area contributed by atoms with E-state index in [2.05, 4.69) is 31.6 Å². The Hall–Kier alpha value is -4.40. The molecule has 47 heavy (non-hydrogen) atoms. The number of primary amides is 1. The Kier molecular flexibility index (Phi) is 19.4. The van der Waals surface area contributed by atoms with Crippen molar-refractivity contribution < 1.29 is 48.9 Å².